The van der Waals surface area contributed by atoms with E-state index in [9.17, 15) is 15.3 Å². The minimum atomic E-state index is -0.661. The van der Waals surface area contributed by atoms with Gasteiger partial charge in [0, 0.05) is 28.9 Å². The maximum atomic E-state index is 10.3. The van der Waals surface area contributed by atoms with Crippen LogP contribution in [0.5, 0.6) is 5.75 Å². The summed E-state index contributed by atoms with van der Waals surface area (Å²) in [5.41, 5.74) is 2.36. The molecule has 0 aromatic heterocycles. The molecule has 36 heavy (non-hydrogen) atoms. The highest BCUT2D eigenvalue weighted by molar-refractivity contribution is 8.00. The van der Waals surface area contributed by atoms with Gasteiger partial charge in [0.1, 0.15) is 5.75 Å². The Balaban J connectivity index is 1.12. The summed E-state index contributed by atoms with van der Waals surface area (Å²) >= 11 is 2.02. The Bertz CT molecular complexity index is 874. The van der Waals surface area contributed by atoms with Crippen molar-refractivity contribution in [1.82, 2.24) is 5.32 Å². The normalized spacial score (nSPS) is 14.9. The zero-order valence-electron chi connectivity index (χ0n) is 21.4. The molecule has 7 heteroatoms. The average molecular weight is 518 g/mol. The number of benzene rings is 2. The van der Waals surface area contributed by atoms with Gasteiger partial charge in [0.05, 0.1) is 32.5 Å². The number of hydrogen-bond acceptors (Lipinski definition) is 7. The van der Waals surface area contributed by atoms with E-state index in [-0.39, 0.29) is 12.4 Å². The summed E-state index contributed by atoms with van der Waals surface area (Å²) in [7, 11) is 0. The van der Waals surface area contributed by atoms with Crippen LogP contribution in [-0.2, 0) is 22.7 Å². The largest absolute Gasteiger partial charge is 0.508 e. The summed E-state index contributed by atoms with van der Waals surface area (Å²) in [4.78, 5) is 1.36. The van der Waals surface area contributed by atoms with Gasteiger partial charge in [0.15, 0.2) is 0 Å². The van der Waals surface area contributed by atoms with Gasteiger partial charge in [-0.15, -0.1) is 11.8 Å². The number of thioether (sulfide) groups is 1. The molecule has 2 aromatic carbocycles. The van der Waals surface area contributed by atoms with E-state index in [2.05, 4.69) is 29.6 Å². The minimum absolute atomic E-state index is 0.0485. The van der Waals surface area contributed by atoms with Gasteiger partial charge in [0.25, 0.3) is 0 Å². The second-order valence-corrected chi connectivity index (χ2v) is 10.9. The smallest absolute Gasteiger partial charge is 0.121 e. The number of phenols is 1. The van der Waals surface area contributed by atoms with Crippen molar-refractivity contribution in [2.45, 2.75) is 80.8 Å². The van der Waals surface area contributed by atoms with Gasteiger partial charge in [-0.1, -0.05) is 43.9 Å². The summed E-state index contributed by atoms with van der Waals surface area (Å²) in [6.45, 7) is 3.69. The molecule has 0 unspecified atom stereocenters. The van der Waals surface area contributed by atoms with Crippen molar-refractivity contribution < 1.29 is 24.8 Å². The van der Waals surface area contributed by atoms with Crippen LogP contribution in [0.1, 0.15) is 74.2 Å². The van der Waals surface area contributed by atoms with Crippen molar-refractivity contribution in [1.29, 1.82) is 0 Å². The molecule has 1 saturated carbocycles. The summed E-state index contributed by atoms with van der Waals surface area (Å²) in [5.74, 6) is 0.0485. The SMILES string of the molecule is OCc1cc([C@@H](O)CNCCCCCCOCCOCc2cccc(SC3CCCC3)c2)ccc1O. The second kappa shape index (κ2) is 17.0. The van der Waals surface area contributed by atoms with E-state index in [1.54, 1.807) is 12.1 Å². The van der Waals surface area contributed by atoms with Gasteiger partial charge < -0.3 is 30.1 Å². The molecule has 6 nitrogen and oxygen atoms in total. The highest BCUT2D eigenvalue weighted by Gasteiger charge is 2.16. The topological polar surface area (TPSA) is 91.2 Å². The van der Waals surface area contributed by atoms with Crippen LogP contribution in [0, 0.1) is 0 Å². The first-order valence-corrected chi connectivity index (χ1v) is 14.3. The lowest BCUT2D eigenvalue weighted by Crippen LogP contribution is -2.22. The van der Waals surface area contributed by atoms with Crippen LogP contribution in [-0.4, -0.2) is 53.5 Å². The maximum Gasteiger partial charge on any atom is 0.121 e. The monoisotopic (exact) mass is 517 g/mol. The number of aliphatic hydroxyl groups excluding tert-OH is 2. The van der Waals surface area contributed by atoms with Crippen molar-refractivity contribution in [3.63, 3.8) is 0 Å². The molecule has 1 aliphatic rings. The number of aliphatic hydroxyl groups is 2. The Labute approximate surface area is 220 Å². The molecule has 0 spiro atoms. The molecule has 0 heterocycles. The molecule has 2 aromatic rings. The summed E-state index contributed by atoms with van der Waals surface area (Å²) in [6, 6.07) is 13.6. The Morgan fingerprint density at radius 3 is 2.58 bits per heavy atom. The van der Waals surface area contributed by atoms with Gasteiger partial charge in [-0.25, -0.2) is 0 Å². The highest BCUT2D eigenvalue weighted by Crippen LogP contribution is 2.34. The number of nitrogens with one attached hydrogen (secondary N) is 1. The molecule has 1 aliphatic carbocycles. The molecule has 4 N–H and O–H groups in total. The van der Waals surface area contributed by atoms with Crippen LogP contribution in [0.4, 0.5) is 0 Å². The Hall–Kier alpha value is -1.61. The lowest BCUT2D eigenvalue weighted by Gasteiger charge is -2.14. The average Bonchev–Trinajstić information content (AvgIpc) is 3.40. The third-order valence-corrected chi connectivity index (χ3v) is 7.86. The fraction of sp³-hybridized carbons (Fsp3) is 0.586. The van der Waals surface area contributed by atoms with Crippen molar-refractivity contribution in [2.24, 2.45) is 0 Å². The van der Waals surface area contributed by atoms with E-state index >= 15 is 0 Å². The zero-order valence-corrected chi connectivity index (χ0v) is 22.2. The fourth-order valence-corrected chi connectivity index (χ4v) is 5.75. The number of rotatable bonds is 18. The van der Waals surface area contributed by atoms with Crippen LogP contribution >= 0.6 is 11.8 Å². The van der Waals surface area contributed by atoms with Gasteiger partial charge in [-0.2, -0.15) is 0 Å². The Kier molecular flexibility index (Phi) is 13.7. The van der Waals surface area contributed by atoms with Crippen LogP contribution in [0.3, 0.4) is 0 Å². The second-order valence-electron chi connectivity index (χ2n) is 9.52. The van der Waals surface area contributed by atoms with E-state index in [0.29, 0.717) is 37.5 Å². The molecular formula is C29H43NO5S. The number of hydrogen-bond donors (Lipinski definition) is 4. The molecule has 1 fully saturated rings. The third kappa shape index (κ3) is 10.8. The predicted octanol–water partition coefficient (Wildman–Crippen LogP) is 5.34. The minimum Gasteiger partial charge on any atom is -0.508 e. The van der Waals surface area contributed by atoms with Crippen molar-refractivity contribution in [3.05, 3.63) is 59.2 Å². The van der Waals surface area contributed by atoms with Crippen LogP contribution in [0.25, 0.3) is 0 Å². The Morgan fingerprint density at radius 1 is 0.944 bits per heavy atom. The predicted molar refractivity (Wildman–Crippen MR) is 145 cm³/mol. The summed E-state index contributed by atoms with van der Waals surface area (Å²) < 4.78 is 11.5. The van der Waals surface area contributed by atoms with Gasteiger partial charge in [0.2, 0.25) is 0 Å². The highest BCUT2D eigenvalue weighted by atomic mass is 32.2. The molecule has 0 amide bonds. The molecule has 1 atom stereocenters. The number of ether oxygens (including phenoxy) is 2. The number of aromatic hydroxyl groups is 1. The fourth-order valence-electron chi connectivity index (χ4n) is 4.42. The van der Waals surface area contributed by atoms with Gasteiger partial charge >= 0.3 is 0 Å². The molecule has 0 bridgehead atoms. The maximum absolute atomic E-state index is 10.3. The first-order valence-electron chi connectivity index (χ1n) is 13.4. The van der Waals surface area contributed by atoms with E-state index < -0.39 is 6.10 Å². The lowest BCUT2D eigenvalue weighted by atomic mass is 10.1. The van der Waals surface area contributed by atoms with E-state index in [1.165, 1.54) is 42.2 Å². The molecule has 3 rings (SSSR count). The Morgan fingerprint density at radius 2 is 1.75 bits per heavy atom. The zero-order chi connectivity index (χ0) is 25.4. The molecular weight excluding hydrogens is 474 g/mol. The molecule has 200 valence electrons. The van der Waals surface area contributed by atoms with Crippen LogP contribution < -0.4 is 5.32 Å². The van der Waals surface area contributed by atoms with E-state index in [0.717, 1.165) is 44.1 Å². The van der Waals surface area contributed by atoms with Crippen molar-refractivity contribution >= 4 is 11.8 Å². The molecule has 0 saturated heterocycles. The molecule has 0 aliphatic heterocycles. The summed E-state index contributed by atoms with van der Waals surface area (Å²) in [5, 5.41) is 33.2. The first kappa shape index (κ1) is 29.0. The standard InChI is InChI=1S/C29H43NO5S/c31-21-25-19-24(12-13-28(25)32)29(33)20-30-14-5-1-2-6-15-34-16-17-35-22-23-8-7-11-27(18-23)36-26-9-3-4-10-26/h7-8,11-13,18-19,26,29-33H,1-6,9-10,14-17,20-22H2/t29-/m0/s1. The third-order valence-electron chi connectivity index (χ3n) is 6.53. The summed E-state index contributed by atoms with van der Waals surface area (Å²) in [6.07, 6.45) is 9.11. The van der Waals surface area contributed by atoms with Crippen LogP contribution in [0.15, 0.2) is 47.4 Å². The van der Waals surface area contributed by atoms with Crippen LogP contribution in [0.2, 0.25) is 0 Å². The lowest BCUT2D eigenvalue weighted by molar-refractivity contribution is 0.0392. The first-order chi connectivity index (χ1) is 17.7. The van der Waals surface area contributed by atoms with E-state index in [4.69, 9.17) is 9.47 Å². The quantitative estimate of drug-likeness (QED) is 0.199. The van der Waals surface area contributed by atoms with Gasteiger partial charge in [-0.3, -0.25) is 0 Å². The van der Waals surface area contributed by atoms with Crippen molar-refractivity contribution in [2.75, 3.05) is 32.9 Å². The van der Waals surface area contributed by atoms with Crippen molar-refractivity contribution in [3.8, 4) is 5.75 Å². The number of unbranched alkanes of at least 4 members (excludes halogenated alkanes) is 3. The molecule has 0 radical (unpaired) electrons. The van der Waals surface area contributed by atoms with E-state index in [1.807, 2.05) is 11.8 Å². The van der Waals surface area contributed by atoms with Gasteiger partial charge in [-0.05, 0) is 67.6 Å².